The monoisotopic (exact) mass is 277 g/mol. The fourth-order valence-corrected chi connectivity index (χ4v) is 3.73. The summed E-state index contributed by atoms with van der Waals surface area (Å²) in [5.74, 6) is 0.198. The molecule has 1 aliphatic rings. The summed E-state index contributed by atoms with van der Waals surface area (Å²) in [6, 6.07) is 0.646. The zero-order valence-corrected chi connectivity index (χ0v) is 12.8. The maximum Gasteiger partial charge on any atom is 0.215 e. The van der Waals surface area contributed by atoms with Crippen LogP contribution in [0.1, 0.15) is 27.7 Å². The highest BCUT2D eigenvalue weighted by Gasteiger charge is 2.29. The fraction of sp³-hybridized carbons (Fsp3) is 1.00. The molecule has 0 spiro atoms. The van der Waals surface area contributed by atoms with Crippen molar-refractivity contribution in [3.8, 4) is 0 Å². The van der Waals surface area contributed by atoms with Gasteiger partial charge in [0, 0.05) is 38.3 Å². The Labute approximate surface area is 112 Å². The molecular weight excluding hydrogens is 250 g/mol. The molecule has 1 aliphatic heterocycles. The lowest BCUT2D eigenvalue weighted by Gasteiger charge is -2.38. The van der Waals surface area contributed by atoms with E-state index in [1.54, 1.807) is 4.31 Å². The Hall–Kier alpha value is -0.170. The zero-order chi connectivity index (χ0) is 13.8. The minimum absolute atomic E-state index is 0.198. The third-order valence-electron chi connectivity index (χ3n) is 3.44. The summed E-state index contributed by atoms with van der Waals surface area (Å²) in [6.45, 7) is 11.9. The second kappa shape index (κ2) is 6.84. The molecule has 0 aromatic carbocycles. The smallest absolute Gasteiger partial charge is 0.215 e. The van der Waals surface area contributed by atoms with Gasteiger partial charge in [-0.15, -0.1) is 0 Å². The third-order valence-corrected chi connectivity index (χ3v) is 5.28. The maximum atomic E-state index is 12.2. The number of sulfonamides is 1. The number of piperazine rings is 1. The molecule has 0 aromatic heterocycles. The Morgan fingerprint density at radius 3 is 2.50 bits per heavy atom. The van der Waals surface area contributed by atoms with Gasteiger partial charge < -0.3 is 5.32 Å². The van der Waals surface area contributed by atoms with E-state index in [9.17, 15) is 8.42 Å². The van der Waals surface area contributed by atoms with Gasteiger partial charge >= 0.3 is 0 Å². The second-order valence-electron chi connectivity index (χ2n) is 5.26. The van der Waals surface area contributed by atoms with E-state index in [1.807, 2.05) is 13.8 Å². The van der Waals surface area contributed by atoms with Crippen LogP contribution in [0.3, 0.4) is 0 Å². The lowest BCUT2D eigenvalue weighted by atomic mass is 10.2. The van der Waals surface area contributed by atoms with Gasteiger partial charge in [0.05, 0.1) is 5.75 Å². The van der Waals surface area contributed by atoms with Crippen molar-refractivity contribution in [3.05, 3.63) is 0 Å². The van der Waals surface area contributed by atoms with Crippen molar-refractivity contribution in [1.82, 2.24) is 14.5 Å². The van der Waals surface area contributed by atoms with E-state index in [0.717, 1.165) is 13.1 Å². The van der Waals surface area contributed by atoms with Gasteiger partial charge in [0.2, 0.25) is 10.0 Å². The number of rotatable bonds is 6. The van der Waals surface area contributed by atoms with Crippen LogP contribution in [-0.2, 0) is 10.0 Å². The first kappa shape index (κ1) is 15.9. The summed E-state index contributed by atoms with van der Waals surface area (Å²) in [7, 11) is -3.10. The van der Waals surface area contributed by atoms with Crippen LogP contribution >= 0.6 is 0 Å². The molecule has 1 unspecified atom stereocenters. The number of likely N-dealkylation sites (N-methyl/N-ethyl adjacent to an activating group) is 1. The molecule has 1 atom stereocenters. The van der Waals surface area contributed by atoms with Crippen molar-refractivity contribution < 1.29 is 8.42 Å². The SMILES string of the molecule is CCN1CCN(S(=O)(=O)CCNC(C)C)CC1C. The van der Waals surface area contributed by atoms with Crippen LogP contribution in [0.25, 0.3) is 0 Å². The van der Waals surface area contributed by atoms with Crippen molar-refractivity contribution in [3.63, 3.8) is 0 Å². The van der Waals surface area contributed by atoms with Gasteiger partial charge in [-0.25, -0.2) is 8.42 Å². The molecule has 1 N–H and O–H groups in total. The molecule has 1 saturated heterocycles. The van der Waals surface area contributed by atoms with Crippen molar-refractivity contribution in [2.24, 2.45) is 0 Å². The summed E-state index contributed by atoms with van der Waals surface area (Å²) in [5, 5.41) is 3.16. The highest BCUT2D eigenvalue weighted by Crippen LogP contribution is 2.12. The molecule has 6 heteroatoms. The average Bonchev–Trinajstić information content (AvgIpc) is 2.28. The van der Waals surface area contributed by atoms with Gasteiger partial charge in [-0.1, -0.05) is 20.8 Å². The summed E-state index contributed by atoms with van der Waals surface area (Å²) >= 11 is 0. The van der Waals surface area contributed by atoms with Gasteiger partial charge in [-0.05, 0) is 13.5 Å². The normalized spacial score (nSPS) is 23.7. The Bertz CT molecular complexity index is 343. The molecule has 0 aliphatic carbocycles. The van der Waals surface area contributed by atoms with Gasteiger partial charge in [-0.3, -0.25) is 4.90 Å². The van der Waals surface area contributed by atoms with E-state index in [1.165, 1.54) is 0 Å². The Morgan fingerprint density at radius 2 is 2.00 bits per heavy atom. The van der Waals surface area contributed by atoms with E-state index in [4.69, 9.17) is 0 Å². The number of nitrogens with one attached hydrogen (secondary N) is 1. The van der Waals surface area contributed by atoms with Crippen LogP contribution in [0.4, 0.5) is 0 Å². The molecular formula is C12H27N3O2S. The van der Waals surface area contributed by atoms with Gasteiger partial charge in [0.25, 0.3) is 0 Å². The molecule has 1 rings (SSSR count). The van der Waals surface area contributed by atoms with E-state index < -0.39 is 10.0 Å². The van der Waals surface area contributed by atoms with Crippen LogP contribution in [0.2, 0.25) is 0 Å². The van der Waals surface area contributed by atoms with Gasteiger partial charge in [0.1, 0.15) is 0 Å². The van der Waals surface area contributed by atoms with Crippen molar-refractivity contribution in [1.29, 1.82) is 0 Å². The first-order chi connectivity index (χ1) is 8.36. The first-order valence-electron chi connectivity index (χ1n) is 6.82. The Kier molecular flexibility index (Phi) is 6.04. The van der Waals surface area contributed by atoms with E-state index in [0.29, 0.717) is 31.7 Å². The van der Waals surface area contributed by atoms with Crippen molar-refractivity contribution in [2.75, 3.05) is 38.5 Å². The lowest BCUT2D eigenvalue weighted by Crippen LogP contribution is -2.54. The van der Waals surface area contributed by atoms with Gasteiger partial charge in [-0.2, -0.15) is 4.31 Å². The molecule has 108 valence electrons. The average molecular weight is 277 g/mol. The molecule has 0 aromatic rings. The molecule has 18 heavy (non-hydrogen) atoms. The molecule has 1 fully saturated rings. The van der Waals surface area contributed by atoms with Crippen LogP contribution in [0, 0.1) is 0 Å². The highest BCUT2D eigenvalue weighted by atomic mass is 32.2. The molecule has 0 saturated carbocycles. The summed E-state index contributed by atoms with van der Waals surface area (Å²) in [4.78, 5) is 2.32. The number of hydrogen-bond acceptors (Lipinski definition) is 4. The highest BCUT2D eigenvalue weighted by molar-refractivity contribution is 7.89. The molecule has 0 bridgehead atoms. The summed E-state index contributed by atoms with van der Waals surface area (Å²) in [6.07, 6.45) is 0. The zero-order valence-electron chi connectivity index (χ0n) is 12.0. The Morgan fingerprint density at radius 1 is 1.33 bits per heavy atom. The predicted molar refractivity (Wildman–Crippen MR) is 75.2 cm³/mol. The summed E-state index contributed by atoms with van der Waals surface area (Å²) < 4.78 is 26.0. The minimum Gasteiger partial charge on any atom is -0.313 e. The standard InChI is InChI=1S/C12H27N3O2S/c1-5-14-7-8-15(10-12(14)4)18(16,17)9-6-13-11(2)3/h11-13H,5-10H2,1-4H3. The van der Waals surface area contributed by atoms with Gasteiger partial charge in [0.15, 0.2) is 0 Å². The van der Waals surface area contributed by atoms with Crippen LogP contribution < -0.4 is 5.32 Å². The van der Waals surface area contributed by atoms with Crippen LogP contribution in [-0.4, -0.2) is 68.2 Å². The minimum atomic E-state index is -3.10. The van der Waals surface area contributed by atoms with Crippen LogP contribution in [0.5, 0.6) is 0 Å². The topological polar surface area (TPSA) is 52.7 Å². The van der Waals surface area contributed by atoms with Crippen molar-refractivity contribution in [2.45, 2.75) is 39.8 Å². The van der Waals surface area contributed by atoms with E-state index in [2.05, 4.69) is 24.1 Å². The lowest BCUT2D eigenvalue weighted by molar-refractivity contribution is 0.135. The number of nitrogens with zero attached hydrogens (tertiary/aromatic N) is 2. The first-order valence-corrected chi connectivity index (χ1v) is 8.43. The fourth-order valence-electron chi connectivity index (χ4n) is 2.29. The molecule has 0 amide bonds. The largest absolute Gasteiger partial charge is 0.313 e. The second-order valence-corrected chi connectivity index (χ2v) is 7.35. The van der Waals surface area contributed by atoms with Crippen molar-refractivity contribution >= 4 is 10.0 Å². The quantitative estimate of drug-likeness (QED) is 0.761. The molecule has 5 nitrogen and oxygen atoms in total. The van der Waals surface area contributed by atoms with Crippen LogP contribution in [0.15, 0.2) is 0 Å². The third kappa shape index (κ3) is 4.50. The summed E-state index contributed by atoms with van der Waals surface area (Å²) in [5.41, 5.74) is 0. The Balaban J connectivity index is 2.48. The van der Waals surface area contributed by atoms with E-state index in [-0.39, 0.29) is 5.75 Å². The molecule has 1 heterocycles. The van der Waals surface area contributed by atoms with E-state index >= 15 is 0 Å². The number of hydrogen-bond donors (Lipinski definition) is 1. The maximum absolute atomic E-state index is 12.2. The predicted octanol–water partition coefficient (Wildman–Crippen LogP) is 0.340. The molecule has 0 radical (unpaired) electrons.